The molecule has 6 nitrogen and oxygen atoms in total. The third-order valence-electron chi connectivity index (χ3n) is 3.55. The fourth-order valence-corrected chi connectivity index (χ4v) is 2.59. The van der Waals surface area contributed by atoms with Crippen LogP contribution in [0.1, 0.15) is 11.1 Å². The van der Waals surface area contributed by atoms with Crippen molar-refractivity contribution in [3.8, 4) is 17.2 Å². The van der Waals surface area contributed by atoms with Gasteiger partial charge in [0, 0.05) is 6.54 Å². The fourth-order valence-electron chi connectivity index (χ4n) is 2.31. The number of aryl methyl sites for hydroxylation is 1. The second-order valence-corrected chi connectivity index (χ2v) is 5.73. The molecular weight excluding hydrogens is 344 g/mol. The van der Waals surface area contributed by atoms with Crippen LogP contribution in [0.5, 0.6) is 17.2 Å². The molecule has 0 saturated carbocycles. The van der Waals surface area contributed by atoms with E-state index in [1.807, 2.05) is 13.0 Å². The van der Waals surface area contributed by atoms with E-state index in [1.54, 1.807) is 38.5 Å². The van der Waals surface area contributed by atoms with Crippen LogP contribution >= 0.6 is 11.6 Å². The maximum absolute atomic E-state index is 12.1. The standard InChI is InChI=1S/C18H21ClN2O4/c1-11-5-6-14(13(19)7-11)21-18(22)20-10-12-8-15(23-2)17(25-4)16(9-12)24-3/h5-9H,10H2,1-4H3,(H2,20,21,22). The molecule has 2 aromatic rings. The van der Waals surface area contributed by atoms with Gasteiger partial charge in [0.25, 0.3) is 0 Å². The van der Waals surface area contributed by atoms with Gasteiger partial charge in [0.2, 0.25) is 5.75 Å². The van der Waals surface area contributed by atoms with Gasteiger partial charge in [-0.1, -0.05) is 17.7 Å². The van der Waals surface area contributed by atoms with Crippen LogP contribution in [0, 0.1) is 6.92 Å². The highest BCUT2D eigenvalue weighted by atomic mass is 35.5. The van der Waals surface area contributed by atoms with Gasteiger partial charge in [-0.3, -0.25) is 0 Å². The van der Waals surface area contributed by atoms with Crippen molar-refractivity contribution in [1.82, 2.24) is 5.32 Å². The Morgan fingerprint density at radius 3 is 2.20 bits per heavy atom. The molecule has 0 spiro atoms. The molecule has 2 amide bonds. The Kier molecular flexibility index (Phi) is 6.36. The van der Waals surface area contributed by atoms with Gasteiger partial charge in [-0.25, -0.2) is 4.79 Å². The van der Waals surface area contributed by atoms with Crippen LogP contribution in [0.4, 0.5) is 10.5 Å². The average Bonchev–Trinajstić information content (AvgIpc) is 2.61. The third kappa shape index (κ3) is 4.70. The molecule has 0 bridgehead atoms. The predicted octanol–water partition coefficient (Wildman–Crippen LogP) is 4.00. The molecular formula is C18H21ClN2O4. The second-order valence-electron chi connectivity index (χ2n) is 5.32. The number of methoxy groups -OCH3 is 3. The highest BCUT2D eigenvalue weighted by molar-refractivity contribution is 6.33. The number of halogens is 1. The van der Waals surface area contributed by atoms with E-state index < -0.39 is 0 Å². The lowest BCUT2D eigenvalue weighted by molar-refractivity contribution is 0.251. The summed E-state index contributed by atoms with van der Waals surface area (Å²) in [5.74, 6) is 1.56. The van der Waals surface area contributed by atoms with Gasteiger partial charge < -0.3 is 24.8 Å². The lowest BCUT2D eigenvalue weighted by atomic mass is 10.2. The van der Waals surface area contributed by atoms with Crippen LogP contribution in [0.3, 0.4) is 0 Å². The molecule has 2 aromatic carbocycles. The number of anilines is 1. The van der Waals surface area contributed by atoms with Crippen molar-refractivity contribution in [2.24, 2.45) is 0 Å². The van der Waals surface area contributed by atoms with E-state index >= 15 is 0 Å². The lowest BCUT2D eigenvalue weighted by Gasteiger charge is -2.15. The van der Waals surface area contributed by atoms with Gasteiger partial charge in [0.05, 0.1) is 32.0 Å². The summed E-state index contributed by atoms with van der Waals surface area (Å²) in [6.45, 7) is 2.21. The second kappa shape index (κ2) is 8.48. The summed E-state index contributed by atoms with van der Waals surface area (Å²) >= 11 is 6.11. The molecule has 0 aliphatic carbocycles. The first-order chi connectivity index (χ1) is 12.0. The van der Waals surface area contributed by atoms with Crippen LogP contribution in [0.2, 0.25) is 5.02 Å². The van der Waals surface area contributed by atoms with E-state index in [2.05, 4.69) is 10.6 Å². The number of urea groups is 1. The van der Waals surface area contributed by atoms with Crippen molar-refractivity contribution in [3.05, 3.63) is 46.5 Å². The SMILES string of the molecule is COc1cc(CNC(=O)Nc2ccc(C)cc2Cl)cc(OC)c1OC. The van der Waals surface area contributed by atoms with Crippen LogP contribution < -0.4 is 24.8 Å². The van der Waals surface area contributed by atoms with E-state index in [4.69, 9.17) is 25.8 Å². The zero-order valence-electron chi connectivity index (χ0n) is 14.6. The number of amides is 2. The Labute approximate surface area is 152 Å². The van der Waals surface area contributed by atoms with E-state index in [0.717, 1.165) is 11.1 Å². The summed E-state index contributed by atoms with van der Waals surface area (Å²) in [7, 11) is 4.62. The minimum atomic E-state index is -0.362. The van der Waals surface area contributed by atoms with Crippen molar-refractivity contribution in [2.45, 2.75) is 13.5 Å². The summed E-state index contributed by atoms with van der Waals surface area (Å²) in [6, 6.07) is 8.62. The molecule has 0 heterocycles. The average molecular weight is 365 g/mol. The van der Waals surface area contributed by atoms with Gasteiger partial charge in [-0.2, -0.15) is 0 Å². The molecule has 0 aromatic heterocycles. The molecule has 0 aliphatic rings. The Hall–Kier alpha value is -2.60. The number of benzene rings is 2. The normalized spacial score (nSPS) is 10.1. The van der Waals surface area contributed by atoms with E-state index in [1.165, 1.54) is 7.11 Å². The topological polar surface area (TPSA) is 68.8 Å². The number of carbonyl (C=O) groups excluding carboxylic acids is 1. The van der Waals surface area contributed by atoms with Crippen LogP contribution in [-0.4, -0.2) is 27.4 Å². The summed E-state index contributed by atoms with van der Waals surface area (Å²) in [6.07, 6.45) is 0. The molecule has 0 aliphatic heterocycles. The zero-order valence-corrected chi connectivity index (χ0v) is 15.4. The van der Waals surface area contributed by atoms with E-state index in [9.17, 15) is 4.79 Å². The van der Waals surface area contributed by atoms with Crippen molar-refractivity contribution < 1.29 is 19.0 Å². The fraction of sp³-hybridized carbons (Fsp3) is 0.278. The molecule has 0 atom stereocenters. The Morgan fingerprint density at radius 2 is 1.68 bits per heavy atom. The predicted molar refractivity (Wildman–Crippen MR) is 98.1 cm³/mol. The minimum Gasteiger partial charge on any atom is -0.493 e. The summed E-state index contributed by atoms with van der Waals surface area (Å²) in [5.41, 5.74) is 2.38. The van der Waals surface area contributed by atoms with Crippen molar-refractivity contribution in [3.63, 3.8) is 0 Å². The van der Waals surface area contributed by atoms with Gasteiger partial charge in [0.15, 0.2) is 11.5 Å². The van der Waals surface area contributed by atoms with Crippen molar-refractivity contribution in [1.29, 1.82) is 0 Å². The lowest BCUT2D eigenvalue weighted by Crippen LogP contribution is -2.28. The van der Waals surface area contributed by atoms with Gasteiger partial charge in [-0.15, -0.1) is 0 Å². The molecule has 0 unspecified atom stereocenters. The number of hydrogen-bond acceptors (Lipinski definition) is 4. The Bertz CT molecular complexity index is 740. The van der Waals surface area contributed by atoms with Crippen LogP contribution in [-0.2, 0) is 6.54 Å². The summed E-state index contributed by atoms with van der Waals surface area (Å²) in [5, 5.41) is 5.98. The molecule has 134 valence electrons. The first-order valence-corrected chi connectivity index (χ1v) is 7.96. The van der Waals surface area contributed by atoms with Gasteiger partial charge in [0.1, 0.15) is 0 Å². The number of ether oxygens (including phenoxy) is 3. The zero-order chi connectivity index (χ0) is 18.4. The first-order valence-electron chi connectivity index (χ1n) is 7.58. The summed E-state index contributed by atoms with van der Waals surface area (Å²) < 4.78 is 15.9. The number of carbonyl (C=O) groups is 1. The maximum atomic E-state index is 12.1. The Morgan fingerprint density at radius 1 is 1.04 bits per heavy atom. The number of rotatable bonds is 6. The first kappa shape index (κ1) is 18.7. The molecule has 7 heteroatoms. The van der Waals surface area contributed by atoms with Crippen LogP contribution in [0.25, 0.3) is 0 Å². The largest absolute Gasteiger partial charge is 0.493 e. The van der Waals surface area contributed by atoms with Crippen molar-refractivity contribution in [2.75, 3.05) is 26.6 Å². The summed E-state index contributed by atoms with van der Waals surface area (Å²) in [4.78, 5) is 12.1. The van der Waals surface area contributed by atoms with Crippen LogP contribution in [0.15, 0.2) is 30.3 Å². The van der Waals surface area contributed by atoms with E-state index in [0.29, 0.717) is 28.0 Å². The minimum absolute atomic E-state index is 0.284. The molecule has 0 fully saturated rings. The van der Waals surface area contributed by atoms with Gasteiger partial charge in [-0.05, 0) is 42.3 Å². The van der Waals surface area contributed by atoms with Crippen molar-refractivity contribution >= 4 is 23.3 Å². The maximum Gasteiger partial charge on any atom is 0.319 e. The quantitative estimate of drug-likeness (QED) is 0.813. The van der Waals surface area contributed by atoms with E-state index in [-0.39, 0.29) is 12.6 Å². The monoisotopic (exact) mass is 364 g/mol. The highest BCUT2D eigenvalue weighted by Crippen LogP contribution is 2.38. The number of hydrogen-bond donors (Lipinski definition) is 2. The molecule has 2 rings (SSSR count). The number of nitrogens with one attached hydrogen (secondary N) is 2. The molecule has 2 N–H and O–H groups in total. The molecule has 0 saturated heterocycles. The smallest absolute Gasteiger partial charge is 0.319 e. The highest BCUT2D eigenvalue weighted by Gasteiger charge is 2.13. The third-order valence-corrected chi connectivity index (χ3v) is 3.86. The molecule has 25 heavy (non-hydrogen) atoms. The van der Waals surface area contributed by atoms with Gasteiger partial charge >= 0.3 is 6.03 Å². The Balaban J connectivity index is 2.06. The molecule has 0 radical (unpaired) electrons.